The number of hydrogen-bond acceptors (Lipinski definition) is 2. The molecule has 2 aliphatic rings. The van der Waals surface area contributed by atoms with Gasteiger partial charge in [0.15, 0.2) is 0 Å². The third-order valence-corrected chi connectivity index (χ3v) is 4.88. The maximum atomic E-state index is 12.2. The quantitative estimate of drug-likeness (QED) is 0.809. The zero-order chi connectivity index (χ0) is 14.4. The largest absolute Gasteiger partial charge is 0.341 e. The Morgan fingerprint density at radius 1 is 1.10 bits per heavy atom. The Bertz CT molecular complexity index is 299. The summed E-state index contributed by atoms with van der Waals surface area (Å²) in [6, 6.07) is 1.24. The first-order valence-corrected chi connectivity index (χ1v) is 8.76. The predicted octanol–water partition coefficient (Wildman–Crippen LogP) is 3.34. The lowest BCUT2D eigenvalue weighted by molar-refractivity contribution is -0.133. The highest BCUT2D eigenvalue weighted by Crippen LogP contribution is 2.25. The highest BCUT2D eigenvalue weighted by Gasteiger charge is 2.30. The van der Waals surface area contributed by atoms with Crippen LogP contribution in [0, 0.1) is 5.92 Å². The van der Waals surface area contributed by atoms with Gasteiger partial charge in [0.05, 0.1) is 0 Å². The van der Waals surface area contributed by atoms with Gasteiger partial charge in [0.1, 0.15) is 0 Å². The van der Waals surface area contributed by atoms with Crippen molar-refractivity contribution in [1.82, 2.24) is 10.2 Å². The number of rotatable bonds is 6. The molecule has 1 saturated heterocycles. The van der Waals surface area contributed by atoms with E-state index in [2.05, 4.69) is 24.1 Å². The van der Waals surface area contributed by atoms with Crippen molar-refractivity contribution >= 4 is 5.91 Å². The van der Waals surface area contributed by atoms with Gasteiger partial charge in [-0.25, -0.2) is 0 Å². The molecule has 0 aromatic rings. The minimum absolute atomic E-state index is 0.367. The van der Waals surface area contributed by atoms with E-state index in [-0.39, 0.29) is 0 Å². The SMILES string of the molecule is CCCC(=O)N1CC(CCC)CC(NC2CCCC2)C1. The molecular formula is C17H32N2O. The van der Waals surface area contributed by atoms with Crippen LogP contribution in [-0.4, -0.2) is 36.0 Å². The van der Waals surface area contributed by atoms with E-state index >= 15 is 0 Å². The van der Waals surface area contributed by atoms with E-state index in [1.165, 1.54) is 44.9 Å². The lowest BCUT2D eigenvalue weighted by Crippen LogP contribution is -2.53. The molecule has 116 valence electrons. The standard InChI is InChI=1S/C17H32N2O/c1-3-7-14-11-16(18-15-9-5-6-10-15)13-19(12-14)17(20)8-4-2/h14-16,18H,3-13H2,1-2H3. The van der Waals surface area contributed by atoms with Crippen LogP contribution >= 0.6 is 0 Å². The van der Waals surface area contributed by atoms with Crippen molar-refractivity contribution in [3.63, 3.8) is 0 Å². The zero-order valence-electron chi connectivity index (χ0n) is 13.4. The van der Waals surface area contributed by atoms with Crippen LogP contribution < -0.4 is 5.32 Å². The summed E-state index contributed by atoms with van der Waals surface area (Å²) in [4.78, 5) is 14.4. The Labute approximate surface area is 124 Å². The van der Waals surface area contributed by atoms with Gasteiger partial charge in [0.25, 0.3) is 0 Å². The molecule has 1 aliphatic carbocycles. The van der Waals surface area contributed by atoms with E-state index in [0.29, 0.717) is 23.9 Å². The fraction of sp³-hybridized carbons (Fsp3) is 0.941. The Hall–Kier alpha value is -0.570. The molecule has 2 fully saturated rings. The van der Waals surface area contributed by atoms with Crippen LogP contribution in [0.3, 0.4) is 0 Å². The molecule has 0 aromatic heterocycles. The number of nitrogens with zero attached hydrogens (tertiary/aromatic N) is 1. The highest BCUT2D eigenvalue weighted by molar-refractivity contribution is 5.76. The van der Waals surface area contributed by atoms with E-state index in [4.69, 9.17) is 0 Å². The van der Waals surface area contributed by atoms with Crippen LogP contribution in [0.1, 0.15) is 71.6 Å². The average molecular weight is 280 g/mol. The first kappa shape index (κ1) is 15.8. The van der Waals surface area contributed by atoms with Crippen molar-refractivity contribution in [2.24, 2.45) is 5.92 Å². The van der Waals surface area contributed by atoms with Crippen LogP contribution in [0.25, 0.3) is 0 Å². The van der Waals surface area contributed by atoms with E-state index in [1.807, 2.05) is 0 Å². The summed E-state index contributed by atoms with van der Waals surface area (Å²) in [6.45, 7) is 6.29. The normalized spacial score (nSPS) is 28.0. The molecule has 1 saturated carbocycles. The van der Waals surface area contributed by atoms with Gasteiger partial charge in [0, 0.05) is 31.6 Å². The fourth-order valence-electron chi connectivity index (χ4n) is 3.94. The first-order chi connectivity index (χ1) is 9.72. The van der Waals surface area contributed by atoms with Crippen LogP contribution in [0.5, 0.6) is 0 Å². The van der Waals surface area contributed by atoms with Crippen molar-refractivity contribution in [3.8, 4) is 0 Å². The molecule has 0 aromatic carbocycles. The van der Waals surface area contributed by atoms with Crippen LogP contribution in [0.4, 0.5) is 0 Å². The van der Waals surface area contributed by atoms with Crippen molar-refractivity contribution < 1.29 is 4.79 Å². The maximum absolute atomic E-state index is 12.2. The maximum Gasteiger partial charge on any atom is 0.222 e. The molecular weight excluding hydrogens is 248 g/mol. The van der Waals surface area contributed by atoms with Crippen LogP contribution in [0.2, 0.25) is 0 Å². The second-order valence-corrected chi connectivity index (χ2v) is 6.78. The van der Waals surface area contributed by atoms with Gasteiger partial charge in [-0.15, -0.1) is 0 Å². The average Bonchev–Trinajstić information content (AvgIpc) is 2.92. The molecule has 2 atom stereocenters. The lowest BCUT2D eigenvalue weighted by Gasteiger charge is -2.39. The molecule has 0 spiro atoms. The van der Waals surface area contributed by atoms with Gasteiger partial charge >= 0.3 is 0 Å². The van der Waals surface area contributed by atoms with Crippen molar-refractivity contribution in [2.75, 3.05) is 13.1 Å². The third-order valence-electron chi connectivity index (χ3n) is 4.88. The van der Waals surface area contributed by atoms with Gasteiger partial charge < -0.3 is 10.2 Å². The summed E-state index contributed by atoms with van der Waals surface area (Å²) < 4.78 is 0. The smallest absolute Gasteiger partial charge is 0.222 e. The minimum Gasteiger partial charge on any atom is -0.341 e. The number of hydrogen-bond donors (Lipinski definition) is 1. The molecule has 2 rings (SSSR count). The predicted molar refractivity (Wildman–Crippen MR) is 83.7 cm³/mol. The molecule has 1 N–H and O–H groups in total. The molecule has 3 nitrogen and oxygen atoms in total. The van der Waals surface area contributed by atoms with Crippen LogP contribution in [-0.2, 0) is 4.79 Å². The number of carbonyl (C=O) groups is 1. The van der Waals surface area contributed by atoms with Gasteiger partial charge in [-0.05, 0) is 38.0 Å². The summed E-state index contributed by atoms with van der Waals surface area (Å²) in [7, 11) is 0. The summed E-state index contributed by atoms with van der Waals surface area (Å²) in [6.07, 6.45) is 10.9. The molecule has 0 bridgehead atoms. The molecule has 3 heteroatoms. The Morgan fingerprint density at radius 2 is 1.85 bits per heavy atom. The lowest BCUT2D eigenvalue weighted by atomic mass is 9.90. The molecule has 1 heterocycles. The Morgan fingerprint density at radius 3 is 2.50 bits per heavy atom. The summed E-state index contributed by atoms with van der Waals surface area (Å²) in [5.41, 5.74) is 0. The monoisotopic (exact) mass is 280 g/mol. The number of nitrogens with one attached hydrogen (secondary N) is 1. The van der Waals surface area contributed by atoms with E-state index in [0.717, 1.165) is 25.9 Å². The number of amides is 1. The summed E-state index contributed by atoms with van der Waals surface area (Å²) >= 11 is 0. The van der Waals surface area contributed by atoms with E-state index in [1.54, 1.807) is 0 Å². The highest BCUT2D eigenvalue weighted by atomic mass is 16.2. The number of piperidine rings is 1. The van der Waals surface area contributed by atoms with Crippen LogP contribution in [0.15, 0.2) is 0 Å². The first-order valence-electron chi connectivity index (χ1n) is 8.76. The Kier molecular flexibility index (Phi) is 6.34. The topological polar surface area (TPSA) is 32.3 Å². The molecule has 1 amide bonds. The Balaban J connectivity index is 1.90. The van der Waals surface area contributed by atoms with Gasteiger partial charge in [-0.1, -0.05) is 33.1 Å². The van der Waals surface area contributed by atoms with Crippen molar-refractivity contribution in [1.29, 1.82) is 0 Å². The second kappa shape index (κ2) is 8.02. The minimum atomic E-state index is 0.367. The van der Waals surface area contributed by atoms with E-state index in [9.17, 15) is 4.79 Å². The molecule has 0 radical (unpaired) electrons. The summed E-state index contributed by atoms with van der Waals surface area (Å²) in [5.74, 6) is 1.07. The number of likely N-dealkylation sites (tertiary alicyclic amines) is 1. The molecule has 20 heavy (non-hydrogen) atoms. The van der Waals surface area contributed by atoms with Crippen molar-refractivity contribution in [3.05, 3.63) is 0 Å². The third kappa shape index (κ3) is 4.47. The van der Waals surface area contributed by atoms with Crippen molar-refractivity contribution in [2.45, 2.75) is 83.7 Å². The molecule has 1 aliphatic heterocycles. The fourth-order valence-corrected chi connectivity index (χ4v) is 3.94. The molecule has 2 unspecified atom stereocenters. The van der Waals surface area contributed by atoms with Gasteiger partial charge in [-0.3, -0.25) is 4.79 Å². The van der Waals surface area contributed by atoms with Gasteiger partial charge in [-0.2, -0.15) is 0 Å². The summed E-state index contributed by atoms with van der Waals surface area (Å²) in [5, 5.41) is 3.84. The number of carbonyl (C=O) groups excluding carboxylic acids is 1. The second-order valence-electron chi connectivity index (χ2n) is 6.78. The van der Waals surface area contributed by atoms with E-state index < -0.39 is 0 Å². The van der Waals surface area contributed by atoms with Gasteiger partial charge in [0.2, 0.25) is 5.91 Å². The zero-order valence-corrected chi connectivity index (χ0v) is 13.4.